The second-order valence-electron chi connectivity index (χ2n) is 4.18. The van der Waals surface area contributed by atoms with E-state index in [1.807, 2.05) is 6.92 Å². The molecule has 0 unspecified atom stereocenters. The van der Waals surface area contributed by atoms with Gasteiger partial charge in [-0.3, -0.25) is 14.9 Å². The van der Waals surface area contributed by atoms with Crippen molar-refractivity contribution < 1.29 is 9.72 Å². The van der Waals surface area contributed by atoms with Crippen molar-refractivity contribution in [2.24, 2.45) is 0 Å². The van der Waals surface area contributed by atoms with Crippen LogP contribution in [0.5, 0.6) is 0 Å². The zero-order valence-electron chi connectivity index (χ0n) is 11.1. The van der Waals surface area contributed by atoms with Gasteiger partial charge < -0.3 is 5.32 Å². The Morgan fingerprint density at radius 3 is 2.90 bits per heavy atom. The maximum atomic E-state index is 12.0. The second kappa shape index (κ2) is 6.77. The van der Waals surface area contributed by atoms with E-state index in [9.17, 15) is 14.9 Å². The number of amides is 1. The Morgan fingerprint density at radius 1 is 1.52 bits per heavy atom. The molecule has 0 aliphatic carbocycles. The molecule has 1 aromatic heterocycles. The van der Waals surface area contributed by atoms with E-state index >= 15 is 0 Å². The molecule has 1 amide bonds. The quantitative estimate of drug-likeness (QED) is 0.646. The number of carbonyl (C=O) groups is 1. The Bertz CT molecular complexity index is 687. The Labute approximate surface area is 133 Å². The summed E-state index contributed by atoms with van der Waals surface area (Å²) in [5.41, 5.74) is 0.113. The minimum atomic E-state index is -0.533. The number of aryl methyl sites for hydroxylation is 1. The molecular formula is C13H12BrN3O3S. The van der Waals surface area contributed by atoms with Gasteiger partial charge >= 0.3 is 0 Å². The number of nitro groups is 1. The summed E-state index contributed by atoms with van der Waals surface area (Å²) in [6.45, 7) is 2.35. The number of nitrogens with one attached hydrogen (secondary N) is 1. The first-order chi connectivity index (χ1) is 10.0. The predicted molar refractivity (Wildman–Crippen MR) is 83.5 cm³/mol. The molecule has 2 aromatic rings. The maximum Gasteiger partial charge on any atom is 0.284 e. The molecule has 0 aliphatic rings. The van der Waals surface area contributed by atoms with Crippen LogP contribution in [0.2, 0.25) is 0 Å². The summed E-state index contributed by atoms with van der Waals surface area (Å²) >= 11 is 4.62. The van der Waals surface area contributed by atoms with Crippen LogP contribution in [-0.4, -0.2) is 15.8 Å². The van der Waals surface area contributed by atoms with Gasteiger partial charge in [0, 0.05) is 22.7 Å². The van der Waals surface area contributed by atoms with Gasteiger partial charge in [0.2, 0.25) is 0 Å². The molecule has 0 aliphatic heterocycles. The van der Waals surface area contributed by atoms with Crippen molar-refractivity contribution in [3.8, 4) is 0 Å². The van der Waals surface area contributed by atoms with Gasteiger partial charge in [0.15, 0.2) is 0 Å². The van der Waals surface area contributed by atoms with Gasteiger partial charge in [-0.2, -0.15) is 0 Å². The molecule has 2 rings (SSSR count). The third-order valence-electron chi connectivity index (χ3n) is 2.76. The lowest BCUT2D eigenvalue weighted by Gasteiger charge is -2.04. The molecule has 1 aromatic carbocycles. The first-order valence-electron chi connectivity index (χ1n) is 6.17. The SMILES string of the molecule is CCc1cnc(CNC(=O)c2ccc(Br)c([N+](=O)[O-])c2)s1. The van der Waals surface area contributed by atoms with Crippen LogP contribution in [0.1, 0.15) is 27.2 Å². The number of hydrogen-bond acceptors (Lipinski definition) is 5. The molecule has 8 heteroatoms. The lowest BCUT2D eigenvalue weighted by molar-refractivity contribution is -0.385. The molecular weight excluding hydrogens is 358 g/mol. The molecule has 0 bridgehead atoms. The molecule has 21 heavy (non-hydrogen) atoms. The van der Waals surface area contributed by atoms with Crippen molar-refractivity contribution in [3.05, 3.63) is 54.4 Å². The van der Waals surface area contributed by atoms with Crippen LogP contribution in [0.3, 0.4) is 0 Å². The molecule has 0 spiro atoms. The van der Waals surface area contributed by atoms with Gasteiger partial charge in [0.05, 0.1) is 15.9 Å². The number of nitro benzene ring substituents is 1. The first kappa shape index (κ1) is 15.6. The monoisotopic (exact) mass is 369 g/mol. The van der Waals surface area contributed by atoms with Crippen LogP contribution in [0.15, 0.2) is 28.9 Å². The molecule has 110 valence electrons. The van der Waals surface area contributed by atoms with Crippen molar-refractivity contribution in [1.29, 1.82) is 0 Å². The lowest BCUT2D eigenvalue weighted by Crippen LogP contribution is -2.22. The van der Waals surface area contributed by atoms with Gasteiger partial charge in [-0.15, -0.1) is 11.3 Å². The van der Waals surface area contributed by atoms with Gasteiger partial charge in [-0.1, -0.05) is 6.92 Å². The van der Waals surface area contributed by atoms with Crippen molar-refractivity contribution in [3.63, 3.8) is 0 Å². The van der Waals surface area contributed by atoms with Crippen LogP contribution < -0.4 is 5.32 Å². The predicted octanol–water partition coefficient (Wildman–Crippen LogP) is 3.31. The number of carbonyl (C=O) groups excluding carboxylic acids is 1. The van der Waals surface area contributed by atoms with E-state index in [2.05, 4.69) is 26.2 Å². The van der Waals surface area contributed by atoms with Crippen molar-refractivity contribution in [2.75, 3.05) is 0 Å². The molecule has 0 atom stereocenters. The largest absolute Gasteiger partial charge is 0.346 e. The van der Waals surface area contributed by atoms with Crippen molar-refractivity contribution in [1.82, 2.24) is 10.3 Å². The van der Waals surface area contributed by atoms with Crippen LogP contribution in [-0.2, 0) is 13.0 Å². The lowest BCUT2D eigenvalue weighted by atomic mass is 10.2. The maximum absolute atomic E-state index is 12.0. The Balaban J connectivity index is 2.06. The van der Waals surface area contributed by atoms with Crippen LogP contribution >= 0.6 is 27.3 Å². The smallest absolute Gasteiger partial charge is 0.284 e. The van der Waals surface area contributed by atoms with E-state index in [0.717, 1.165) is 16.3 Å². The number of aromatic nitrogens is 1. The van der Waals surface area contributed by atoms with Crippen LogP contribution in [0, 0.1) is 10.1 Å². The zero-order valence-corrected chi connectivity index (χ0v) is 13.5. The average molecular weight is 370 g/mol. The minimum Gasteiger partial charge on any atom is -0.346 e. The van der Waals surface area contributed by atoms with Crippen molar-refractivity contribution >= 4 is 38.9 Å². The van der Waals surface area contributed by atoms with E-state index in [0.29, 0.717) is 11.0 Å². The summed E-state index contributed by atoms with van der Waals surface area (Å²) in [5.74, 6) is -0.362. The highest BCUT2D eigenvalue weighted by atomic mass is 79.9. The third kappa shape index (κ3) is 3.85. The summed E-state index contributed by atoms with van der Waals surface area (Å²) in [4.78, 5) is 27.7. The minimum absolute atomic E-state index is 0.134. The molecule has 0 fully saturated rings. The van der Waals surface area contributed by atoms with Gasteiger partial charge in [0.25, 0.3) is 11.6 Å². The standard InChI is InChI=1S/C13H12BrN3O3S/c1-2-9-6-15-12(21-9)7-16-13(18)8-3-4-10(14)11(5-8)17(19)20/h3-6H,2,7H2,1H3,(H,16,18). The van der Waals surface area contributed by atoms with Crippen LogP contribution in [0.4, 0.5) is 5.69 Å². The molecule has 1 N–H and O–H groups in total. The fourth-order valence-electron chi connectivity index (χ4n) is 1.64. The number of hydrogen-bond donors (Lipinski definition) is 1. The molecule has 0 saturated carbocycles. The van der Waals surface area contributed by atoms with E-state index in [-0.39, 0.29) is 17.2 Å². The summed E-state index contributed by atoms with van der Waals surface area (Å²) in [6.07, 6.45) is 2.70. The molecule has 1 heterocycles. The van der Waals surface area contributed by atoms with Gasteiger partial charge in [-0.25, -0.2) is 4.98 Å². The highest BCUT2D eigenvalue weighted by Crippen LogP contribution is 2.25. The first-order valence-corrected chi connectivity index (χ1v) is 7.78. The molecule has 0 saturated heterocycles. The topological polar surface area (TPSA) is 85.1 Å². The molecule has 6 nitrogen and oxygen atoms in total. The summed E-state index contributed by atoms with van der Waals surface area (Å²) in [5, 5.41) is 14.4. The average Bonchev–Trinajstić information content (AvgIpc) is 2.93. The number of benzene rings is 1. The summed E-state index contributed by atoms with van der Waals surface area (Å²) < 4.78 is 0.344. The zero-order chi connectivity index (χ0) is 15.4. The third-order valence-corrected chi connectivity index (χ3v) is 4.57. The van der Waals surface area contributed by atoms with E-state index in [1.54, 1.807) is 6.20 Å². The number of halogens is 1. The fraction of sp³-hybridized carbons (Fsp3) is 0.231. The van der Waals surface area contributed by atoms with E-state index in [1.165, 1.54) is 29.5 Å². The molecule has 0 radical (unpaired) electrons. The van der Waals surface area contributed by atoms with Gasteiger partial charge in [0.1, 0.15) is 5.01 Å². The summed E-state index contributed by atoms with van der Waals surface area (Å²) in [7, 11) is 0. The fourth-order valence-corrected chi connectivity index (χ4v) is 2.84. The van der Waals surface area contributed by atoms with E-state index < -0.39 is 4.92 Å². The summed E-state index contributed by atoms with van der Waals surface area (Å²) in [6, 6.07) is 4.27. The number of thiazole rings is 1. The number of rotatable bonds is 5. The van der Waals surface area contributed by atoms with Crippen molar-refractivity contribution in [2.45, 2.75) is 19.9 Å². The highest BCUT2D eigenvalue weighted by molar-refractivity contribution is 9.10. The Hall–Kier alpha value is -1.80. The Morgan fingerprint density at radius 2 is 2.29 bits per heavy atom. The normalized spacial score (nSPS) is 10.4. The second-order valence-corrected chi connectivity index (χ2v) is 6.23. The van der Waals surface area contributed by atoms with Gasteiger partial charge in [-0.05, 0) is 34.5 Å². The number of nitrogens with zero attached hydrogens (tertiary/aromatic N) is 2. The van der Waals surface area contributed by atoms with Crippen LogP contribution in [0.25, 0.3) is 0 Å². The highest BCUT2D eigenvalue weighted by Gasteiger charge is 2.16. The van der Waals surface area contributed by atoms with E-state index in [4.69, 9.17) is 0 Å². The Kier molecular flexibility index (Phi) is 5.03.